The predicted octanol–water partition coefficient (Wildman–Crippen LogP) is 2.89. The standard InChI is InChI=1S/C15H21BrN2O/c1-4-18(3)15(19)10(2)17-14-8-5-11-9-12(16)6-7-13(11)14/h6-7,9-10,14,17H,4-5,8H2,1-3H3. The van der Waals surface area contributed by atoms with E-state index in [1.54, 1.807) is 4.90 Å². The summed E-state index contributed by atoms with van der Waals surface area (Å²) in [4.78, 5) is 13.8. The predicted molar refractivity (Wildman–Crippen MR) is 81.1 cm³/mol. The van der Waals surface area contributed by atoms with E-state index in [2.05, 4.69) is 39.4 Å². The summed E-state index contributed by atoms with van der Waals surface area (Å²) < 4.78 is 1.13. The molecule has 104 valence electrons. The van der Waals surface area contributed by atoms with E-state index in [-0.39, 0.29) is 11.9 Å². The molecule has 2 atom stereocenters. The van der Waals surface area contributed by atoms with Crippen LogP contribution in [0.5, 0.6) is 0 Å². The number of halogens is 1. The molecule has 0 spiro atoms. The van der Waals surface area contributed by atoms with E-state index >= 15 is 0 Å². The fraction of sp³-hybridized carbons (Fsp3) is 0.533. The van der Waals surface area contributed by atoms with Gasteiger partial charge in [-0.25, -0.2) is 0 Å². The van der Waals surface area contributed by atoms with Crippen molar-refractivity contribution in [2.45, 2.75) is 38.8 Å². The quantitative estimate of drug-likeness (QED) is 0.923. The molecule has 4 heteroatoms. The van der Waals surface area contributed by atoms with E-state index < -0.39 is 0 Å². The van der Waals surface area contributed by atoms with Crippen molar-refractivity contribution in [3.8, 4) is 0 Å². The molecule has 0 aliphatic heterocycles. The van der Waals surface area contributed by atoms with Gasteiger partial charge in [-0.2, -0.15) is 0 Å². The number of likely N-dealkylation sites (N-methyl/N-ethyl adjacent to an activating group) is 1. The van der Waals surface area contributed by atoms with Gasteiger partial charge in [-0.1, -0.05) is 22.0 Å². The van der Waals surface area contributed by atoms with E-state index in [0.29, 0.717) is 6.04 Å². The highest BCUT2D eigenvalue weighted by Gasteiger charge is 2.26. The minimum Gasteiger partial charge on any atom is -0.345 e. The summed E-state index contributed by atoms with van der Waals surface area (Å²) in [5.41, 5.74) is 2.72. The molecule has 0 heterocycles. The lowest BCUT2D eigenvalue weighted by atomic mass is 10.1. The molecule has 0 radical (unpaired) electrons. The smallest absolute Gasteiger partial charge is 0.239 e. The first kappa shape index (κ1) is 14.5. The Morgan fingerprint density at radius 3 is 3.00 bits per heavy atom. The maximum absolute atomic E-state index is 12.1. The van der Waals surface area contributed by atoms with Gasteiger partial charge in [-0.05, 0) is 49.9 Å². The number of nitrogens with one attached hydrogen (secondary N) is 1. The van der Waals surface area contributed by atoms with Crippen molar-refractivity contribution >= 4 is 21.8 Å². The summed E-state index contributed by atoms with van der Waals surface area (Å²) in [5, 5.41) is 3.46. The highest BCUT2D eigenvalue weighted by atomic mass is 79.9. The number of aryl methyl sites for hydroxylation is 1. The van der Waals surface area contributed by atoms with E-state index in [1.165, 1.54) is 11.1 Å². The van der Waals surface area contributed by atoms with Crippen LogP contribution in [0.2, 0.25) is 0 Å². The molecular formula is C15H21BrN2O. The first-order valence-electron chi connectivity index (χ1n) is 6.82. The van der Waals surface area contributed by atoms with Crippen molar-refractivity contribution in [2.75, 3.05) is 13.6 Å². The van der Waals surface area contributed by atoms with Crippen LogP contribution in [-0.4, -0.2) is 30.4 Å². The Balaban J connectivity index is 2.05. The van der Waals surface area contributed by atoms with Crippen molar-refractivity contribution < 1.29 is 4.79 Å². The number of carbonyl (C=O) groups is 1. The fourth-order valence-corrected chi connectivity index (χ4v) is 3.03. The Labute approximate surface area is 123 Å². The maximum Gasteiger partial charge on any atom is 0.239 e. The second kappa shape index (κ2) is 6.06. The molecule has 0 saturated carbocycles. The van der Waals surface area contributed by atoms with Crippen LogP contribution < -0.4 is 5.32 Å². The number of amides is 1. The van der Waals surface area contributed by atoms with Crippen LogP contribution in [0.3, 0.4) is 0 Å². The average Bonchev–Trinajstić information content (AvgIpc) is 2.79. The molecule has 0 fully saturated rings. The molecule has 0 bridgehead atoms. The molecule has 1 aromatic rings. The maximum atomic E-state index is 12.1. The van der Waals surface area contributed by atoms with Gasteiger partial charge in [0.1, 0.15) is 0 Å². The van der Waals surface area contributed by atoms with Gasteiger partial charge < -0.3 is 4.90 Å². The molecule has 1 aliphatic carbocycles. The third-order valence-electron chi connectivity index (χ3n) is 3.85. The van der Waals surface area contributed by atoms with Crippen LogP contribution in [0.25, 0.3) is 0 Å². The van der Waals surface area contributed by atoms with Crippen molar-refractivity contribution in [3.63, 3.8) is 0 Å². The monoisotopic (exact) mass is 324 g/mol. The Hall–Kier alpha value is -0.870. The number of hydrogen-bond acceptors (Lipinski definition) is 2. The van der Waals surface area contributed by atoms with Crippen LogP contribution in [0.1, 0.15) is 37.4 Å². The SMILES string of the molecule is CCN(C)C(=O)C(C)NC1CCc2cc(Br)ccc21. The Morgan fingerprint density at radius 2 is 2.32 bits per heavy atom. The third-order valence-corrected chi connectivity index (χ3v) is 4.35. The molecular weight excluding hydrogens is 304 g/mol. The van der Waals surface area contributed by atoms with Crippen LogP contribution in [0.4, 0.5) is 0 Å². The normalized spacial score (nSPS) is 19.1. The van der Waals surface area contributed by atoms with Gasteiger partial charge in [0.05, 0.1) is 6.04 Å². The van der Waals surface area contributed by atoms with Gasteiger partial charge in [0.25, 0.3) is 0 Å². The van der Waals surface area contributed by atoms with Crippen LogP contribution in [0.15, 0.2) is 22.7 Å². The van der Waals surface area contributed by atoms with Crippen molar-refractivity contribution in [1.29, 1.82) is 0 Å². The van der Waals surface area contributed by atoms with E-state index in [4.69, 9.17) is 0 Å². The number of benzene rings is 1. The van der Waals surface area contributed by atoms with Crippen LogP contribution >= 0.6 is 15.9 Å². The van der Waals surface area contributed by atoms with Gasteiger partial charge in [-0.15, -0.1) is 0 Å². The van der Waals surface area contributed by atoms with Crippen LogP contribution in [-0.2, 0) is 11.2 Å². The number of rotatable bonds is 4. The second-order valence-electron chi connectivity index (χ2n) is 5.18. The van der Waals surface area contributed by atoms with E-state index in [0.717, 1.165) is 23.9 Å². The van der Waals surface area contributed by atoms with Crippen molar-refractivity contribution in [3.05, 3.63) is 33.8 Å². The molecule has 2 unspecified atom stereocenters. The first-order chi connectivity index (χ1) is 9.02. The summed E-state index contributed by atoms with van der Waals surface area (Å²) in [6.07, 6.45) is 2.15. The number of nitrogens with zero attached hydrogens (tertiary/aromatic N) is 1. The topological polar surface area (TPSA) is 32.3 Å². The lowest BCUT2D eigenvalue weighted by Gasteiger charge is -2.24. The summed E-state index contributed by atoms with van der Waals surface area (Å²) in [5.74, 6) is 0.160. The first-order valence-corrected chi connectivity index (χ1v) is 7.61. The minimum absolute atomic E-state index is 0.135. The molecule has 0 saturated heterocycles. The number of carbonyl (C=O) groups excluding carboxylic acids is 1. The zero-order chi connectivity index (χ0) is 14.0. The summed E-state index contributed by atoms with van der Waals surface area (Å²) in [6.45, 7) is 4.69. The molecule has 1 aromatic carbocycles. The van der Waals surface area contributed by atoms with E-state index in [1.807, 2.05) is 20.9 Å². The average molecular weight is 325 g/mol. The molecule has 0 aromatic heterocycles. The minimum atomic E-state index is -0.135. The van der Waals surface area contributed by atoms with Gasteiger partial charge in [-0.3, -0.25) is 10.1 Å². The summed E-state index contributed by atoms with van der Waals surface area (Å²) in [7, 11) is 1.85. The highest BCUT2D eigenvalue weighted by Crippen LogP contribution is 2.33. The fourth-order valence-electron chi connectivity index (χ4n) is 2.62. The lowest BCUT2D eigenvalue weighted by molar-refractivity contribution is -0.131. The largest absolute Gasteiger partial charge is 0.345 e. The van der Waals surface area contributed by atoms with Crippen molar-refractivity contribution in [1.82, 2.24) is 10.2 Å². The van der Waals surface area contributed by atoms with Crippen LogP contribution in [0, 0.1) is 0 Å². The second-order valence-corrected chi connectivity index (χ2v) is 6.09. The third kappa shape index (κ3) is 3.18. The van der Waals surface area contributed by atoms with Gasteiger partial charge >= 0.3 is 0 Å². The summed E-state index contributed by atoms with van der Waals surface area (Å²) >= 11 is 3.51. The molecule has 2 rings (SSSR count). The zero-order valence-electron chi connectivity index (χ0n) is 11.7. The molecule has 3 nitrogen and oxygen atoms in total. The van der Waals surface area contributed by atoms with Gasteiger partial charge in [0, 0.05) is 24.1 Å². The van der Waals surface area contributed by atoms with Gasteiger partial charge in [0.2, 0.25) is 5.91 Å². The number of fused-ring (bicyclic) bond motifs is 1. The Bertz CT molecular complexity index is 475. The molecule has 19 heavy (non-hydrogen) atoms. The highest BCUT2D eigenvalue weighted by molar-refractivity contribution is 9.10. The molecule has 1 aliphatic rings. The van der Waals surface area contributed by atoms with Gasteiger partial charge in [0.15, 0.2) is 0 Å². The van der Waals surface area contributed by atoms with E-state index in [9.17, 15) is 4.79 Å². The zero-order valence-corrected chi connectivity index (χ0v) is 13.3. The Morgan fingerprint density at radius 1 is 1.58 bits per heavy atom. The summed E-state index contributed by atoms with van der Waals surface area (Å²) in [6, 6.07) is 6.58. The van der Waals surface area contributed by atoms with Crippen molar-refractivity contribution in [2.24, 2.45) is 0 Å². The Kier molecular flexibility index (Phi) is 4.63. The number of hydrogen-bond donors (Lipinski definition) is 1. The molecule has 1 N–H and O–H groups in total. The lowest BCUT2D eigenvalue weighted by Crippen LogP contribution is -2.44. The molecule has 1 amide bonds.